The van der Waals surface area contributed by atoms with Gasteiger partial charge in [0.2, 0.25) is 0 Å². The standard InChI is InChI=1S/C6H14N7O2/c1-3-12(4-2)13-8-5(10-14)7-6(9-13)11-15/h14-15H,3-4H2,1-2H3,(H2,7,8,9,10,11)/q+1. The highest BCUT2D eigenvalue weighted by molar-refractivity contribution is 5.25. The minimum absolute atomic E-state index is 0.0616. The predicted octanol–water partition coefficient (Wildman–Crippen LogP) is -1.26. The van der Waals surface area contributed by atoms with Crippen molar-refractivity contribution >= 4 is 11.9 Å². The summed E-state index contributed by atoms with van der Waals surface area (Å²) in [6, 6.07) is 0. The molecule has 4 N–H and O–H groups in total. The van der Waals surface area contributed by atoms with Crippen LogP contribution in [-0.2, 0) is 0 Å². The van der Waals surface area contributed by atoms with Crippen molar-refractivity contribution in [3.63, 3.8) is 0 Å². The van der Waals surface area contributed by atoms with Crippen LogP contribution in [0.5, 0.6) is 0 Å². The third-order valence-electron chi connectivity index (χ3n) is 1.76. The van der Waals surface area contributed by atoms with Crippen LogP contribution in [-0.4, -0.2) is 38.7 Å². The van der Waals surface area contributed by atoms with Crippen molar-refractivity contribution in [3.05, 3.63) is 0 Å². The Morgan fingerprint density at radius 2 is 1.60 bits per heavy atom. The third kappa shape index (κ3) is 2.60. The maximum absolute atomic E-state index is 8.67. The van der Waals surface area contributed by atoms with E-state index in [0.29, 0.717) is 13.1 Å². The molecule has 0 aliphatic carbocycles. The van der Waals surface area contributed by atoms with E-state index < -0.39 is 0 Å². The van der Waals surface area contributed by atoms with Crippen LogP contribution >= 0.6 is 0 Å². The number of anilines is 2. The minimum Gasteiger partial charge on any atom is -0.288 e. The van der Waals surface area contributed by atoms with Gasteiger partial charge in [-0.25, -0.2) is 11.0 Å². The fourth-order valence-electron chi connectivity index (χ4n) is 1.03. The maximum Gasteiger partial charge on any atom is 0.321 e. The molecule has 9 heteroatoms. The molecule has 0 atom stereocenters. The van der Waals surface area contributed by atoms with Gasteiger partial charge in [-0.1, -0.05) is 0 Å². The molecule has 1 heterocycles. The molecular formula is C6H14N7O2+. The van der Waals surface area contributed by atoms with E-state index in [1.165, 1.54) is 4.91 Å². The molecule has 1 aromatic rings. The zero-order valence-electron chi connectivity index (χ0n) is 8.54. The molecule has 1 rings (SSSR count). The molecule has 9 nitrogen and oxygen atoms in total. The molecule has 0 fully saturated rings. The predicted molar refractivity (Wildman–Crippen MR) is 50.1 cm³/mol. The highest BCUT2D eigenvalue weighted by Gasteiger charge is 2.18. The molecule has 0 spiro atoms. The van der Waals surface area contributed by atoms with Crippen molar-refractivity contribution in [2.24, 2.45) is 0 Å². The minimum atomic E-state index is -0.0616. The largest absolute Gasteiger partial charge is 0.321 e. The Morgan fingerprint density at radius 1 is 1.13 bits per heavy atom. The van der Waals surface area contributed by atoms with Crippen LogP contribution in [0.4, 0.5) is 11.9 Å². The van der Waals surface area contributed by atoms with Gasteiger partial charge in [-0.3, -0.25) is 10.4 Å². The first-order chi connectivity index (χ1) is 7.24. The van der Waals surface area contributed by atoms with Crippen molar-refractivity contribution in [2.45, 2.75) is 13.8 Å². The van der Waals surface area contributed by atoms with Crippen molar-refractivity contribution < 1.29 is 15.3 Å². The molecule has 0 bridgehead atoms. The number of nitrogens with one attached hydrogen (secondary N) is 2. The van der Waals surface area contributed by atoms with Gasteiger partial charge in [-0.05, 0) is 13.8 Å². The van der Waals surface area contributed by atoms with Gasteiger partial charge in [0, 0.05) is 0 Å². The van der Waals surface area contributed by atoms with Gasteiger partial charge in [-0.2, -0.15) is 4.98 Å². The van der Waals surface area contributed by atoms with Crippen LogP contribution in [0.2, 0.25) is 0 Å². The monoisotopic (exact) mass is 216 g/mol. The third-order valence-corrected chi connectivity index (χ3v) is 1.76. The lowest BCUT2D eigenvalue weighted by Crippen LogP contribution is -2.63. The van der Waals surface area contributed by atoms with E-state index in [2.05, 4.69) is 15.2 Å². The number of hydrogen-bond donors (Lipinski definition) is 4. The first-order valence-corrected chi connectivity index (χ1v) is 4.49. The Labute approximate surface area is 86.2 Å². The maximum atomic E-state index is 8.67. The average molecular weight is 216 g/mol. The van der Waals surface area contributed by atoms with E-state index in [-0.39, 0.29) is 11.9 Å². The fourth-order valence-corrected chi connectivity index (χ4v) is 1.03. The Balaban J connectivity index is 3.05. The Bertz CT molecular complexity index is 294. The second-order valence-corrected chi connectivity index (χ2v) is 2.59. The Morgan fingerprint density at radius 3 is 1.93 bits per heavy atom. The van der Waals surface area contributed by atoms with E-state index in [9.17, 15) is 0 Å². The molecule has 0 amide bonds. The van der Waals surface area contributed by atoms with Crippen molar-refractivity contribution in [1.29, 1.82) is 0 Å². The van der Waals surface area contributed by atoms with Crippen LogP contribution in [0, 0.1) is 0 Å². The lowest BCUT2D eigenvalue weighted by Gasteiger charge is -2.08. The second kappa shape index (κ2) is 5.22. The van der Waals surface area contributed by atoms with Crippen LogP contribution < -0.4 is 20.9 Å². The number of nitrogens with zero attached hydrogens (tertiary/aromatic N) is 5. The summed E-state index contributed by atoms with van der Waals surface area (Å²) in [7, 11) is 0. The van der Waals surface area contributed by atoms with Crippen molar-refractivity contribution in [1.82, 2.24) is 15.2 Å². The van der Waals surface area contributed by atoms with Gasteiger partial charge in [0.15, 0.2) is 4.91 Å². The normalized spacial score (nSPS) is 9.87. The number of aromatic nitrogens is 4. The molecule has 0 aliphatic heterocycles. The quantitative estimate of drug-likeness (QED) is 0.356. The van der Waals surface area contributed by atoms with E-state index in [1.807, 2.05) is 13.8 Å². The lowest BCUT2D eigenvalue weighted by molar-refractivity contribution is -0.801. The van der Waals surface area contributed by atoms with E-state index >= 15 is 0 Å². The first-order valence-electron chi connectivity index (χ1n) is 4.49. The summed E-state index contributed by atoms with van der Waals surface area (Å²) < 4.78 is 0. The summed E-state index contributed by atoms with van der Waals surface area (Å²) in [4.78, 5) is 4.87. The van der Waals surface area contributed by atoms with E-state index in [1.54, 1.807) is 16.0 Å². The van der Waals surface area contributed by atoms with Crippen LogP contribution in [0.25, 0.3) is 0 Å². The van der Waals surface area contributed by atoms with Gasteiger partial charge in [0.25, 0.3) is 0 Å². The summed E-state index contributed by atoms with van der Waals surface area (Å²) in [6.45, 7) is 5.22. The number of hydrogen-bond acceptors (Lipinski definition) is 8. The van der Waals surface area contributed by atoms with Gasteiger partial charge in [-0.15, -0.1) is 5.01 Å². The second-order valence-electron chi connectivity index (χ2n) is 2.59. The molecule has 1 aromatic heterocycles. The summed E-state index contributed by atoms with van der Waals surface area (Å²) in [5, 5.41) is 26.8. The topological polar surface area (TPSA) is 110 Å². The lowest BCUT2D eigenvalue weighted by atomic mass is 10.6. The van der Waals surface area contributed by atoms with Crippen LogP contribution in [0.3, 0.4) is 0 Å². The molecule has 0 radical (unpaired) electrons. The molecule has 0 aromatic carbocycles. The van der Waals surface area contributed by atoms with Crippen LogP contribution in [0.15, 0.2) is 0 Å². The molecular weight excluding hydrogens is 202 g/mol. The highest BCUT2D eigenvalue weighted by atomic mass is 16.5. The molecule has 15 heavy (non-hydrogen) atoms. The van der Waals surface area contributed by atoms with E-state index in [4.69, 9.17) is 10.4 Å². The SMILES string of the molecule is CCN(CC)[n+]1nc(NO)nc(NO)n1. The van der Waals surface area contributed by atoms with Gasteiger partial charge < -0.3 is 0 Å². The Kier molecular flexibility index (Phi) is 3.94. The van der Waals surface area contributed by atoms with E-state index in [0.717, 1.165) is 0 Å². The number of rotatable bonds is 5. The molecule has 0 saturated heterocycles. The Hall–Kier alpha value is -1.74. The van der Waals surface area contributed by atoms with Crippen LogP contribution in [0.1, 0.15) is 13.8 Å². The van der Waals surface area contributed by atoms with Crippen molar-refractivity contribution in [2.75, 3.05) is 29.1 Å². The zero-order valence-corrected chi connectivity index (χ0v) is 8.54. The summed E-state index contributed by atoms with van der Waals surface area (Å²) in [6.07, 6.45) is 0. The summed E-state index contributed by atoms with van der Waals surface area (Å²) in [5.41, 5.74) is 3.57. The smallest absolute Gasteiger partial charge is 0.288 e. The molecule has 84 valence electrons. The molecule has 0 saturated carbocycles. The summed E-state index contributed by atoms with van der Waals surface area (Å²) in [5.74, 6) is -0.123. The summed E-state index contributed by atoms with van der Waals surface area (Å²) >= 11 is 0. The molecule has 0 unspecified atom stereocenters. The molecule has 0 aliphatic rings. The highest BCUT2D eigenvalue weighted by Crippen LogP contribution is 1.95. The first kappa shape index (κ1) is 11.3. The zero-order chi connectivity index (χ0) is 11.3. The van der Waals surface area contributed by atoms with Gasteiger partial charge in [0.05, 0.1) is 13.1 Å². The van der Waals surface area contributed by atoms with Gasteiger partial charge >= 0.3 is 11.9 Å². The average Bonchev–Trinajstić information content (AvgIpc) is 2.30. The van der Waals surface area contributed by atoms with Crippen molar-refractivity contribution in [3.8, 4) is 0 Å². The fraction of sp³-hybridized carbons (Fsp3) is 0.667. The van der Waals surface area contributed by atoms with Gasteiger partial charge in [0.1, 0.15) is 10.2 Å².